The molecule has 2 rings (SSSR count). The van der Waals surface area contributed by atoms with Crippen molar-refractivity contribution in [3.8, 4) is 5.75 Å². The Hall–Kier alpha value is -2.01. The van der Waals surface area contributed by atoms with Gasteiger partial charge in [-0.2, -0.15) is 0 Å². The molecule has 0 radical (unpaired) electrons. The Labute approximate surface area is 113 Å². The maximum absolute atomic E-state index is 5.37. The summed E-state index contributed by atoms with van der Waals surface area (Å²) in [5, 5.41) is 3.37. The molecule has 0 amide bonds. The van der Waals surface area contributed by atoms with Gasteiger partial charge in [-0.25, -0.2) is 4.98 Å². The van der Waals surface area contributed by atoms with Crippen LogP contribution in [0.15, 0.2) is 30.7 Å². The van der Waals surface area contributed by atoms with Crippen LogP contribution >= 0.6 is 0 Å². The zero-order valence-corrected chi connectivity index (χ0v) is 11.6. The van der Waals surface area contributed by atoms with E-state index in [1.165, 1.54) is 5.56 Å². The normalized spacial score (nSPS) is 10.7. The lowest BCUT2D eigenvalue weighted by atomic mass is 10.1. The number of aromatic amines is 1. The highest BCUT2D eigenvalue weighted by molar-refractivity contribution is 5.58. The van der Waals surface area contributed by atoms with E-state index in [9.17, 15) is 0 Å². The number of rotatable bonds is 6. The molecule has 5 nitrogen and oxygen atoms in total. The smallest absolute Gasteiger partial charge is 0.141 e. The number of hydrogen-bond donors (Lipinski definition) is 2. The van der Waals surface area contributed by atoms with Crippen LogP contribution in [0.5, 0.6) is 5.75 Å². The molecular weight excluding hydrogens is 240 g/mol. The number of imidazole rings is 1. The van der Waals surface area contributed by atoms with E-state index in [2.05, 4.69) is 46.4 Å². The van der Waals surface area contributed by atoms with Gasteiger partial charge in [0.25, 0.3) is 0 Å². The first kappa shape index (κ1) is 13.4. The SMILES string of the molecule is COc1ccc(CN(C)C)cc1NCc1cnc[nH]1. The van der Waals surface area contributed by atoms with Gasteiger partial charge in [-0.3, -0.25) is 0 Å². The molecule has 0 saturated heterocycles. The topological polar surface area (TPSA) is 53.2 Å². The average Bonchev–Trinajstić information content (AvgIpc) is 2.89. The van der Waals surface area contributed by atoms with E-state index in [0.717, 1.165) is 23.7 Å². The van der Waals surface area contributed by atoms with Crippen LogP contribution in [0.25, 0.3) is 0 Å². The Bertz CT molecular complexity index is 508. The summed E-state index contributed by atoms with van der Waals surface area (Å²) in [6.07, 6.45) is 3.49. The molecule has 5 heteroatoms. The van der Waals surface area contributed by atoms with E-state index >= 15 is 0 Å². The van der Waals surface area contributed by atoms with Crippen molar-refractivity contribution in [1.29, 1.82) is 0 Å². The highest BCUT2D eigenvalue weighted by Gasteiger charge is 2.05. The fourth-order valence-electron chi connectivity index (χ4n) is 1.93. The number of H-pyrrole nitrogens is 1. The van der Waals surface area contributed by atoms with Gasteiger partial charge < -0.3 is 19.9 Å². The number of aromatic nitrogens is 2. The fourth-order valence-corrected chi connectivity index (χ4v) is 1.93. The summed E-state index contributed by atoms with van der Waals surface area (Å²) in [7, 11) is 5.80. The van der Waals surface area contributed by atoms with Crippen LogP contribution in [0.1, 0.15) is 11.3 Å². The first-order valence-corrected chi connectivity index (χ1v) is 6.22. The molecule has 0 bridgehead atoms. The van der Waals surface area contributed by atoms with Gasteiger partial charge in [0.2, 0.25) is 0 Å². The van der Waals surface area contributed by atoms with Crippen LogP contribution in [0.2, 0.25) is 0 Å². The van der Waals surface area contributed by atoms with Gasteiger partial charge in [0, 0.05) is 12.7 Å². The predicted octanol–water partition coefficient (Wildman–Crippen LogP) is 2.09. The first-order valence-electron chi connectivity index (χ1n) is 6.22. The van der Waals surface area contributed by atoms with Crippen molar-refractivity contribution in [1.82, 2.24) is 14.9 Å². The highest BCUT2D eigenvalue weighted by atomic mass is 16.5. The molecule has 0 atom stereocenters. The van der Waals surface area contributed by atoms with Gasteiger partial charge >= 0.3 is 0 Å². The average molecular weight is 260 g/mol. The molecule has 0 aliphatic carbocycles. The minimum Gasteiger partial charge on any atom is -0.495 e. The molecule has 0 saturated carbocycles. The molecule has 1 aromatic carbocycles. The Morgan fingerprint density at radius 3 is 2.84 bits per heavy atom. The van der Waals surface area contributed by atoms with Gasteiger partial charge in [0.05, 0.1) is 31.4 Å². The maximum atomic E-state index is 5.37. The van der Waals surface area contributed by atoms with Crippen molar-refractivity contribution in [2.24, 2.45) is 0 Å². The molecule has 0 spiro atoms. The highest BCUT2D eigenvalue weighted by Crippen LogP contribution is 2.26. The summed E-state index contributed by atoms with van der Waals surface area (Å²) < 4.78 is 5.37. The molecular formula is C14H20N4O. The van der Waals surface area contributed by atoms with Crippen LogP contribution in [0.3, 0.4) is 0 Å². The van der Waals surface area contributed by atoms with Crippen LogP contribution in [-0.4, -0.2) is 36.1 Å². The molecule has 0 aliphatic heterocycles. The molecule has 1 aromatic heterocycles. The van der Waals surface area contributed by atoms with E-state index in [1.54, 1.807) is 13.4 Å². The Morgan fingerprint density at radius 1 is 1.37 bits per heavy atom. The van der Waals surface area contributed by atoms with E-state index in [1.807, 2.05) is 12.3 Å². The molecule has 102 valence electrons. The number of nitrogens with one attached hydrogen (secondary N) is 2. The third-order valence-corrected chi connectivity index (χ3v) is 2.79. The molecule has 19 heavy (non-hydrogen) atoms. The second-order valence-corrected chi connectivity index (χ2v) is 4.70. The number of ether oxygens (including phenoxy) is 1. The minimum atomic E-state index is 0.696. The lowest BCUT2D eigenvalue weighted by molar-refractivity contribution is 0.400. The standard InChI is InChI=1S/C14H20N4O/c1-18(2)9-11-4-5-14(19-3)13(6-11)16-8-12-7-15-10-17-12/h4-7,10,16H,8-9H2,1-3H3,(H,15,17). The number of hydrogen-bond acceptors (Lipinski definition) is 4. The summed E-state index contributed by atoms with van der Waals surface area (Å²) in [5.74, 6) is 0.849. The van der Waals surface area contributed by atoms with Gasteiger partial charge in [0.1, 0.15) is 5.75 Å². The quantitative estimate of drug-likeness (QED) is 0.835. The maximum Gasteiger partial charge on any atom is 0.141 e. The van der Waals surface area contributed by atoms with Gasteiger partial charge in [0.15, 0.2) is 0 Å². The minimum absolute atomic E-state index is 0.696. The summed E-state index contributed by atoms with van der Waals surface area (Å²) >= 11 is 0. The van der Waals surface area contributed by atoms with Gasteiger partial charge in [-0.1, -0.05) is 6.07 Å². The second kappa shape index (κ2) is 6.24. The fraction of sp³-hybridized carbons (Fsp3) is 0.357. The van der Waals surface area contributed by atoms with E-state index in [4.69, 9.17) is 4.74 Å². The lowest BCUT2D eigenvalue weighted by Crippen LogP contribution is -2.11. The molecule has 0 aliphatic rings. The molecule has 0 unspecified atom stereocenters. The second-order valence-electron chi connectivity index (χ2n) is 4.70. The Morgan fingerprint density at radius 2 is 2.21 bits per heavy atom. The zero-order chi connectivity index (χ0) is 13.7. The zero-order valence-electron chi connectivity index (χ0n) is 11.6. The van der Waals surface area contributed by atoms with Crippen LogP contribution in [-0.2, 0) is 13.1 Å². The van der Waals surface area contributed by atoms with Crippen molar-refractivity contribution in [3.05, 3.63) is 42.0 Å². The van der Waals surface area contributed by atoms with Crippen molar-refractivity contribution in [2.75, 3.05) is 26.5 Å². The number of anilines is 1. The first-order chi connectivity index (χ1) is 9.19. The third-order valence-electron chi connectivity index (χ3n) is 2.79. The van der Waals surface area contributed by atoms with Crippen molar-refractivity contribution in [2.45, 2.75) is 13.1 Å². The van der Waals surface area contributed by atoms with Gasteiger partial charge in [-0.05, 0) is 31.8 Å². The van der Waals surface area contributed by atoms with Gasteiger partial charge in [-0.15, -0.1) is 0 Å². The molecule has 0 fully saturated rings. The number of benzene rings is 1. The van der Waals surface area contributed by atoms with E-state index < -0.39 is 0 Å². The summed E-state index contributed by atoms with van der Waals surface area (Å²) in [5.41, 5.74) is 3.29. The van der Waals surface area contributed by atoms with Crippen LogP contribution in [0.4, 0.5) is 5.69 Å². The number of methoxy groups -OCH3 is 1. The summed E-state index contributed by atoms with van der Waals surface area (Å²) in [6, 6.07) is 6.20. The monoisotopic (exact) mass is 260 g/mol. The van der Waals surface area contributed by atoms with Crippen LogP contribution < -0.4 is 10.1 Å². The van der Waals surface area contributed by atoms with E-state index in [-0.39, 0.29) is 0 Å². The van der Waals surface area contributed by atoms with Crippen LogP contribution in [0, 0.1) is 0 Å². The van der Waals surface area contributed by atoms with Crippen molar-refractivity contribution < 1.29 is 4.74 Å². The summed E-state index contributed by atoms with van der Waals surface area (Å²) in [6.45, 7) is 1.60. The Kier molecular flexibility index (Phi) is 4.41. The Balaban J connectivity index is 2.11. The molecule has 2 N–H and O–H groups in total. The predicted molar refractivity (Wildman–Crippen MR) is 76.3 cm³/mol. The molecule has 2 aromatic rings. The van der Waals surface area contributed by atoms with E-state index in [0.29, 0.717) is 6.54 Å². The third kappa shape index (κ3) is 3.72. The summed E-state index contributed by atoms with van der Waals surface area (Å²) in [4.78, 5) is 9.21. The largest absolute Gasteiger partial charge is 0.495 e. The molecule has 1 heterocycles. The van der Waals surface area contributed by atoms with Crippen molar-refractivity contribution in [3.63, 3.8) is 0 Å². The van der Waals surface area contributed by atoms with Crippen molar-refractivity contribution >= 4 is 5.69 Å². The lowest BCUT2D eigenvalue weighted by Gasteiger charge is -2.14. The number of nitrogens with zero attached hydrogens (tertiary/aromatic N) is 2.